The highest BCUT2D eigenvalue weighted by molar-refractivity contribution is 7.46. The maximum Gasteiger partial charge on any atom is 0.470 e. The zero-order valence-corrected chi connectivity index (χ0v) is 59.2. The Hall–Kier alpha value is -1.61. The number of ether oxygens (including phenoxy) is 8. The molecule has 538 valence electrons. The molecule has 91 heavy (non-hydrogen) atoms. The van der Waals surface area contributed by atoms with Gasteiger partial charge in [-0.15, -0.1) is 0 Å². The second kappa shape index (κ2) is 56.4. The van der Waals surface area contributed by atoms with Gasteiger partial charge in [0.15, 0.2) is 12.6 Å². The van der Waals surface area contributed by atoms with Crippen LogP contribution in [-0.2, 0) is 56.6 Å². The van der Waals surface area contributed by atoms with Crippen LogP contribution in [0, 0.1) is 0 Å². The molecule has 2 rings (SSSR count). The molecular weight excluding hydrogens is 1180 g/mol. The monoisotopic (exact) mass is 1320 g/mol. The molecule has 0 aromatic heterocycles. The summed E-state index contributed by atoms with van der Waals surface area (Å²) in [6.07, 6.45) is 35.6. The normalized spacial score (nSPS) is 24.4. The van der Waals surface area contributed by atoms with E-state index in [9.17, 15) is 42.0 Å². The molecule has 6 N–H and O–H groups in total. The highest BCUT2D eigenvalue weighted by Crippen LogP contribution is 2.43. The molecule has 1 amide bonds. The van der Waals surface area contributed by atoms with Gasteiger partial charge in [-0.1, -0.05) is 271 Å². The minimum Gasteiger partial charge on any atom is -0.480 e. The molecule has 0 spiro atoms. The number of rotatable bonds is 64. The number of amides is 1. The Bertz CT molecular complexity index is 1860. The molecular formula is C72H138NO17P. The molecule has 13 atom stereocenters. The van der Waals surface area contributed by atoms with E-state index < -0.39 is 107 Å². The van der Waals surface area contributed by atoms with Gasteiger partial charge in [0.2, 0.25) is 5.91 Å². The van der Waals surface area contributed by atoms with Crippen molar-refractivity contribution in [2.45, 2.75) is 390 Å². The fourth-order valence-corrected chi connectivity index (χ4v) is 13.1. The molecule has 0 aromatic carbocycles. The predicted octanol–water partition coefficient (Wildman–Crippen LogP) is 16.6. The number of carboxylic acid groups (broad SMARTS) is 1. The summed E-state index contributed by atoms with van der Waals surface area (Å²) >= 11 is 0. The molecule has 2 saturated heterocycles. The van der Waals surface area contributed by atoms with Crippen molar-refractivity contribution < 1.29 is 84.4 Å². The van der Waals surface area contributed by atoms with E-state index in [1.54, 1.807) is 7.11 Å². The van der Waals surface area contributed by atoms with Crippen molar-refractivity contribution in [3.05, 3.63) is 12.2 Å². The first-order chi connectivity index (χ1) is 45.0. The number of carbonyl (C=O) groups is 2. The number of carbonyl (C=O) groups excluding carboxylic acids is 1. The van der Waals surface area contributed by atoms with E-state index in [2.05, 4.69) is 45.2 Å². The van der Waals surface area contributed by atoms with Crippen molar-refractivity contribution in [1.29, 1.82) is 0 Å². The van der Waals surface area contributed by atoms with Gasteiger partial charge >= 0.3 is 13.8 Å². The molecule has 3 unspecified atom stereocenters. The topological polar surface area (TPSA) is 247 Å². The van der Waals surface area contributed by atoms with Gasteiger partial charge in [0.05, 0.1) is 20.7 Å². The second-order valence-electron chi connectivity index (χ2n) is 26.2. The number of unbranched alkanes of at least 4 members (excludes halogenated alkanes) is 35. The van der Waals surface area contributed by atoms with Gasteiger partial charge in [0.25, 0.3) is 0 Å². The van der Waals surface area contributed by atoms with Crippen LogP contribution in [0.4, 0.5) is 0 Å². The van der Waals surface area contributed by atoms with E-state index >= 15 is 0 Å². The second-order valence-corrected chi connectivity index (χ2v) is 27.4. The Morgan fingerprint density at radius 2 is 1.04 bits per heavy atom. The van der Waals surface area contributed by atoms with Gasteiger partial charge in [-0.3, -0.25) is 9.32 Å². The third-order valence-corrected chi connectivity index (χ3v) is 18.5. The number of hydrogen-bond donors (Lipinski definition) is 6. The Morgan fingerprint density at radius 1 is 0.571 bits per heavy atom. The Morgan fingerprint density at radius 3 is 1.54 bits per heavy atom. The minimum atomic E-state index is -5.26. The van der Waals surface area contributed by atoms with E-state index in [0.717, 1.165) is 141 Å². The lowest BCUT2D eigenvalue weighted by atomic mass is 9.82. The van der Waals surface area contributed by atoms with E-state index in [1.807, 2.05) is 0 Å². The smallest absolute Gasteiger partial charge is 0.470 e. The van der Waals surface area contributed by atoms with Crippen molar-refractivity contribution in [2.75, 3.05) is 47.2 Å². The Kier molecular flexibility index (Phi) is 50.7. The highest BCUT2D eigenvalue weighted by Gasteiger charge is 2.57. The van der Waals surface area contributed by atoms with Crippen LogP contribution in [-0.4, -0.2) is 151 Å². The van der Waals surface area contributed by atoms with Gasteiger partial charge in [-0.2, -0.15) is 0 Å². The van der Waals surface area contributed by atoms with Crippen LogP contribution >= 0.6 is 7.82 Å². The number of aliphatic hydroxyl groups excluding tert-OH is 1. The average Bonchev–Trinajstić information content (AvgIpc) is 0.758. The molecule has 2 aliphatic rings. The summed E-state index contributed by atoms with van der Waals surface area (Å²) in [6, 6.07) is -1.29. The molecule has 0 bridgehead atoms. The van der Waals surface area contributed by atoms with Crippen LogP contribution in [0.2, 0.25) is 0 Å². The minimum absolute atomic E-state index is 0.0267. The number of hydrogen-bond acceptors (Lipinski definition) is 14. The number of nitrogens with one attached hydrogen (secondary N) is 1. The summed E-state index contributed by atoms with van der Waals surface area (Å²) in [4.78, 5) is 47.2. The number of aliphatic carboxylic acids is 1. The first kappa shape index (κ1) is 81.8. The molecule has 19 heteroatoms. The molecule has 0 aliphatic carbocycles. The lowest BCUT2D eigenvalue weighted by molar-refractivity contribution is -0.356. The molecule has 0 aromatic rings. The van der Waals surface area contributed by atoms with Crippen LogP contribution in [0.3, 0.4) is 0 Å². The van der Waals surface area contributed by atoms with Crippen molar-refractivity contribution in [2.24, 2.45) is 0 Å². The number of phosphoric ester groups is 1. The SMILES string of the molecule is [2H]C(CCCCCCCCCCCCC)O[C@H]1[C@H](O)[C@@H](CO[C@@H]2O[C@H](COC)[C@@H](OP(=O)(O)O)[C@H](OCC[C@@H](CCCCCCC)OC)[C@H]2NC(=O)CCCCCCCCC/C=C\CCCCCC)OC(OCC(=O)O)[C@@]1(O)C([2H])CCCCCCCCCCCCC. The maximum atomic E-state index is 14.2. The molecule has 18 nitrogen and oxygen atoms in total. The summed E-state index contributed by atoms with van der Waals surface area (Å²) in [5.41, 5.74) is -2.46. The van der Waals surface area contributed by atoms with Crippen LogP contribution in [0.1, 0.15) is 326 Å². The van der Waals surface area contributed by atoms with Gasteiger partial charge < -0.3 is 68.3 Å². The number of methoxy groups -OCH3 is 2. The molecule has 2 aliphatic heterocycles. The van der Waals surface area contributed by atoms with Gasteiger partial charge in [-0.25, -0.2) is 9.36 Å². The predicted molar refractivity (Wildman–Crippen MR) is 363 cm³/mol. The first-order valence-corrected chi connectivity index (χ1v) is 38.5. The quantitative estimate of drug-likeness (QED) is 0.0188. The van der Waals surface area contributed by atoms with E-state index in [-0.39, 0.29) is 38.6 Å². The van der Waals surface area contributed by atoms with Crippen molar-refractivity contribution in [3.8, 4) is 0 Å². The highest BCUT2D eigenvalue weighted by atomic mass is 31.2. The lowest BCUT2D eigenvalue weighted by Crippen LogP contribution is -2.69. The number of aliphatic hydroxyl groups is 2. The summed E-state index contributed by atoms with van der Waals surface area (Å²) in [5.74, 6) is -1.77. The zero-order chi connectivity index (χ0) is 68.2. The fourth-order valence-electron chi connectivity index (χ4n) is 12.5. The average molecular weight is 1320 g/mol. The molecule has 0 saturated carbocycles. The summed E-state index contributed by atoms with van der Waals surface area (Å²) in [6.45, 7) is 5.82. The van der Waals surface area contributed by atoms with Crippen molar-refractivity contribution in [1.82, 2.24) is 5.32 Å². The van der Waals surface area contributed by atoms with Crippen LogP contribution in [0.25, 0.3) is 0 Å². The fraction of sp³-hybridized carbons (Fsp3) is 0.944. The summed E-state index contributed by atoms with van der Waals surface area (Å²) in [5, 5.41) is 38.4. The lowest BCUT2D eigenvalue weighted by Gasteiger charge is -2.50. The largest absolute Gasteiger partial charge is 0.480 e. The molecule has 2 heterocycles. The number of carboxylic acids is 1. The summed E-state index contributed by atoms with van der Waals surface area (Å²) < 4.78 is 86.6. The van der Waals surface area contributed by atoms with Crippen LogP contribution in [0.15, 0.2) is 12.2 Å². The van der Waals surface area contributed by atoms with Crippen molar-refractivity contribution in [3.63, 3.8) is 0 Å². The maximum absolute atomic E-state index is 14.2. The van der Waals surface area contributed by atoms with Crippen LogP contribution < -0.4 is 5.32 Å². The molecule has 0 radical (unpaired) electrons. The number of phosphoric acid groups is 1. The first-order valence-electron chi connectivity index (χ1n) is 38.1. The summed E-state index contributed by atoms with van der Waals surface area (Å²) in [7, 11) is -2.25. The van der Waals surface area contributed by atoms with Gasteiger partial charge in [-0.05, 0) is 57.8 Å². The van der Waals surface area contributed by atoms with Crippen LogP contribution in [0.5, 0.6) is 0 Å². The van der Waals surface area contributed by atoms with Gasteiger partial charge in [0.1, 0.15) is 54.9 Å². The zero-order valence-electron chi connectivity index (χ0n) is 60.3. The number of allylic oxidation sites excluding steroid dienone is 2. The Balaban J connectivity index is 2.49. The van der Waals surface area contributed by atoms with E-state index in [0.29, 0.717) is 25.7 Å². The Labute approximate surface area is 556 Å². The molecule has 2 fully saturated rings. The third kappa shape index (κ3) is 41.3. The van der Waals surface area contributed by atoms with Gasteiger partial charge in [0, 0.05) is 35.2 Å². The van der Waals surface area contributed by atoms with E-state index in [1.165, 1.54) is 110 Å². The van der Waals surface area contributed by atoms with Crippen molar-refractivity contribution >= 4 is 19.7 Å². The standard InChI is InChI=1S/C72H138NO17P/c1-7-11-15-19-22-25-28-31-32-33-34-37-40-44-48-52-63(74)73-65-68(84-56-53-60(83-6)51-47-43-18-14-10-4)67(90-91(79,80)81)62(57-82-5)88-70(65)86-58-61-66(77)69(85-55-50-46-42-39-36-30-27-24-21-17-13-9-3)72(78,71(89-61)87-59-64(75)76)54-49-45-41-38-35-29-26-23-20-16-12-8-2/h25,28,60-62,65-71,77-78H,7-24,26-27,29-59H2,1-6H3,(H,73,74)(H,75,76)(H2,79,80,81)/b28-25-/t60-,61-,62-,65-,66-,67-,68-,69+,70-,71?,72-/m1/s1/i54D,55D/t54?,55?,60-,61-,62-,65-,66-,67-,68-,69+,70-,71?,72-. The van der Waals surface area contributed by atoms with E-state index in [4.69, 9.17) is 42.4 Å². The third-order valence-electron chi connectivity index (χ3n) is 18.0.